The van der Waals surface area contributed by atoms with Gasteiger partial charge in [0, 0.05) is 19.2 Å². The lowest BCUT2D eigenvalue weighted by molar-refractivity contribution is -0.385. The average molecular weight is 232 g/mol. The van der Waals surface area contributed by atoms with Gasteiger partial charge in [-0.2, -0.15) is 5.26 Å². The molecule has 1 fully saturated rings. The molecule has 1 aromatic heterocycles. The summed E-state index contributed by atoms with van der Waals surface area (Å²) in [6.45, 7) is 1.80. The van der Waals surface area contributed by atoms with Crippen molar-refractivity contribution in [1.29, 1.82) is 5.26 Å². The zero-order valence-electron chi connectivity index (χ0n) is 9.30. The van der Waals surface area contributed by atoms with Crippen LogP contribution in [0.3, 0.4) is 0 Å². The highest BCUT2D eigenvalue weighted by molar-refractivity contribution is 5.51. The van der Waals surface area contributed by atoms with Gasteiger partial charge in [-0.25, -0.2) is 4.98 Å². The van der Waals surface area contributed by atoms with E-state index in [4.69, 9.17) is 5.26 Å². The predicted molar refractivity (Wildman–Crippen MR) is 61.7 cm³/mol. The van der Waals surface area contributed by atoms with Crippen LogP contribution < -0.4 is 4.90 Å². The topological polar surface area (TPSA) is 83.1 Å². The molecule has 0 spiro atoms. The first-order valence-electron chi connectivity index (χ1n) is 5.53. The second-order valence-electron chi connectivity index (χ2n) is 3.95. The number of nitriles is 1. The van der Waals surface area contributed by atoms with Crippen molar-refractivity contribution in [3.8, 4) is 6.07 Å². The molecule has 0 bridgehead atoms. The first-order chi connectivity index (χ1) is 8.22. The third-order valence-corrected chi connectivity index (χ3v) is 2.84. The van der Waals surface area contributed by atoms with Gasteiger partial charge in [0.15, 0.2) is 0 Å². The van der Waals surface area contributed by atoms with Crippen molar-refractivity contribution < 1.29 is 4.92 Å². The molecule has 0 atom stereocenters. The smallest absolute Gasteiger partial charge is 0.305 e. The molecule has 2 heterocycles. The van der Waals surface area contributed by atoms with E-state index in [0.29, 0.717) is 5.82 Å². The van der Waals surface area contributed by atoms with Gasteiger partial charge in [0.25, 0.3) is 0 Å². The fourth-order valence-corrected chi connectivity index (χ4v) is 1.97. The zero-order chi connectivity index (χ0) is 12.3. The van der Waals surface area contributed by atoms with E-state index in [1.165, 1.54) is 12.5 Å². The van der Waals surface area contributed by atoms with Gasteiger partial charge in [0.2, 0.25) is 5.69 Å². The molecule has 0 N–H and O–H groups in total. The van der Waals surface area contributed by atoms with Gasteiger partial charge in [-0.1, -0.05) is 0 Å². The minimum absolute atomic E-state index is 0.113. The SMILES string of the molecule is N#Cc1nc(N2CCCCC2)ccc1[N+](=O)[O-]. The van der Waals surface area contributed by atoms with Gasteiger partial charge in [-0.3, -0.25) is 10.1 Å². The number of hydrogen-bond donors (Lipinski definition) is 0. The van der Waals surface area contributed by atoms with Gasteiger partial charge >= 0.3 is 5.69 Å². The molecule has 6 heteroatoms. The molecule has 1 aliphatic heterocycles. The molecule has 2 rings (SSSR count). The number of pyridine rings is 1. The minimum Gasteiger partial charge on any atom is -0.357 e. The van der Waals surface area contributed by atoms with E-state index in [1.54, 1.807) is 12.1 Å². The maximum absolute atomic E-state index is 10.7. The third-order valence-electron chi connectivity index (χ3n) is 2.84. The Bertz CT molecular complexity index is 475. The first kappa shape index (κ1) is 11.3. The Morgan fingerprint density at radius 1 is 1.35 bits per heavy atom. The highest BCUT2D eigenvalue weighted by Crippen LogP contribution is 2.22. The second-order valence-corrected chi connectivity index (χ2v) is 3.95. The van der Waals surface area contributed by atoms with Crippen LogP contribution in [0.5, 0.6) is 0 Å². The van der Waals surface area contributed by atoms with Crippen molar-refractivity contribution in [2.45, 2.75) is 19.3 Å². The molecule has 0 amide bonds. The summed E-state index contributed by atoms with van der Waals surface area (Å²) in [7, 11) is 0. The van der Waals surface area contributed by atoms with Gasteiger partial charge < -0.3 is 4.90 Å². The highest BCUT2D eigenvalue weighted by Gasteiger charge is 2.19. The van der Waals surface area contributed by atoms with Crippen molar-refractivity contribution in [3.63, 3.8) is 0 Å². The van der Waals surface area contributed by atoms with E-state index in [0.717, 1.165) is 25.9 Å². The molecule has 0 aromatic carbocycles. The highest BCUT2D eigenvalue weighted by atomic mass is 16.6. The maximum Gasteiger partial charge on any atom is 0.305 e. The quantitative estimate of drug-likeness (QED) is 0.574. The van der Waals surface area contributed by atoms with Crippen molar-refractivity contribution in [1.82, 2.24) is 4.98 Å². The molecule has 17 heavy (non-hydrogen) atoms. The normalized spacial score (nSPS) is 15.4. The molecule has 0 unspecified atom stereocenters. The van der Waals surface area contributed by atoms with Crippen molar-refractivity contribution in [2.75, 3.05) is 18.0 Å². The van der Waals surface area contributed by atoms with Crippen molar-refractivity contribution in [3.05, 3.63) is 27.9 Å². The fourth-order valence-electron chi connectivity index (χ4n) is 1.97. The Balaban J connectivity index is 2.31. The summed E-state index contributed by atoms with van der Waals surface area (Å²) in [6, 6.07) is 4.75. The van der Waals surface area contributed by atoms with Crippen LogP contribution in [0.4, 0.5) is 11.5 Å². The van der Waals surface area contributed by atoms with Crippen LogP contribution in [-0.4, -0.2) is 23.0 Å². The zero-order valence-corrected chi connectivity index (χ0v) is 9.30. The number of nitro groups is 1. The summed E-state index contributed by atoms with van der Waals surface area (Å²) < 4.78 is 0. The van der Waals surface area contributed by atoms with Crippen LogP contribution in [0.2, 0.25) is 0 Å². The Labute approximate surface area is 98.6 Å². The molecule has 6 nitrogen and oxygen atoms in total. The van der Waals surface area contributed by atoms with E-state index >= 15 is 0 Å². The van der Waals surface area contributed by atoms with E-state index in [2.05, 4.69) is 9.88 Å². The Kier molecular flexibility index (Phi) is 3.19. The fraction of sp³-hybridized carbons (Fsp3) is 0.455. The van der Waals surface area contributed by atoms with E-state index in [9.17, 15) is 10.1 Å². The van der Waals surface area contributed by atoms with Gasteiger partial charge in [-0.05, 0) is 25.3 Å². The van der Waals surface area contributed by atoms with Crippen molar-refractivity contribution >= 4 is 11.5 Å². The lowest BCUT2D eigenvalue weighted by Gasteiger charge is -2.27. The molecule has 88 valence electrons. The van der Waals surface area contributed by atoms with Crippen LogP contribution in [-0.2, 0) is 0 Å². The summed E-state index contributed by atoms with van der Waals surface area (Å²) >= 11 is 0. The summed E-state index contributed by atoms with van der Waals surface area (Å²) in [5, 5.41) is 19.5. The molecule has 0 saturated carbocycles. The van der Waals surface area contributed by atoms with E-state index in [1.807, 2.05) is 0 Å². The third kappa shape index (κ3) is 2.33. The number of anilines is 1. The largest absolute Gasteiger partial charge is 0.357 e. The average Bonchev–Trinajstić information content (AvgIpc) is 2.39. The number of hydrogen-bond acceptors (Lipinski definition) is 5. The molecule has 0 aliphatic carbocycles. The maximum atomic E-state index is 10.7. The van der Waals surface area contributed by atoms with Crippen LogP contribution >= 0.6 is 0 Å². The standard InChI is InChI=1S/C11H12N4O2/c12-8-9-10(15(16)17)4-5-11(13-9)14-6-2-1-3-7-14/h4-5H,1-3,6-7H2. The second kappa shape index (κ2) is 4.78. The predicted octanol–water partition coefficient (Wildman–Crippen LogP) is 1.85. The van der Waals surface area contributed by atoms with Crippen LogP contribution in [0.1, 0.15) is 25.0 Å². The molecule has 0 radical (unpaired) electrons. The van der Waals surface area contributed by atoms with E-state index < -0.39 is 4.92 Å². The molecular formula is C11H12N4O2. The van der Waals surface area contributed by atoms with Crippen LogP contribution in [0.15, 0.2) is 12.1 Å². The van der Waals surface area contributed by atoms with Crippen LogP contribution in [0.25, 0.3) is 0 Å². The summed E-state index contributed by atoms with van der Waals surface area (Å²) in [6.07, 6.45) is 3.40. The number of rotatable bonds is 2. The van der Waals surface area contributed by atoms with Gasteiger partial charge in [-0.15, -0.1) is 0 Å². The van der Waals surface area contributed by atoms with Crippen molar-refractivity contribution in [2.24, 2.45) is 0 Å². The summed E-state index contributed by atoms with van der Waals surface area (Å²) in [5.74, 6) is 0.659. The van der Waals surface area contributed by atoms with Crippen LogP contribution in [0, 0.1) is 21.4 Å². The molecule has 1 aliphatic rings. The summed E-state index contributed by atoms with van der Waals surface area (Å²) in [5.41, 5.74) is -0.341. The van der Waals surface area contributed by atoms with Gasteiger partial charge in [0.05, 0.1) is 4.92 Å². The Hall–Kier alpha value is -2.16. The summed E-state index contributed by atoms with van der Waals surface area (Å²) in [4.78, 5) is 16.2. The van der Waals surface area contributed by atoms with E-state index in [-0.39, 0.29) is 11.4 Å². The Morgan fingerprint density at radius 2 is 2.06 bits per heavy atom. The monoisotopic (exact) mass is 232 g/mol. The Morgan fingerprint density at radius 3 is 2.65 bits per heavy atom. The minimum atomic E-state index is -0.578. The lowest BCUT2D eigenvalue weighted by atomic mass is 10.1. The lowest BCUT2D eigenvalue weighted by Crippen LogP contribution is -2.30. The first-order valence-corrected chi connectivity index (χ1v) is 5.53. The molecule has 1 saturated heterocycles. The van der Waals surface area contributed by atoms with Gasteiger partial charge in [0.1, 0.15) is 11.9 Å². The number of piperidine rings is 1. The molecule has 1 aromatic rings. The number of aromatic nitrogens is 1. The number of nitrogens with zero attached hydrogens (tertiary/aromatic N) is 4. The molecular weight excluding hydrogens is 220 g/mol.